The molecule has 2 heterocycles. The number of nitriles is 1. The highest BCUT2D eigenvalue weighted by Gasteiger charge is 2.25. The van der Waals surface area contributed by atoms with Crippen molar-refractivity contribution in [2.75, 3.05) is 26.3 Å². The number of rotatable bonds is 8. The lowest BCUT2D eigenvalue weighted by Gasteiger charge is -2.26. The van der Waals surface area contributed by atoms with Crippen molar-refractivity contribution in [1.82, 2.24) is 14.6 Å². The number of nitrogens with zero attached hydrogens (tertiary/aromatic N) is 2. The van der Waals surface area contributed by atoms with Crippen molar-refractivity contribution >= 4 is 15.9 Å². The summed E-state index contributed by atoms with van der Waals surface area (Å²) in [4.78, 5) is 27.0. The van der Waals surface area contributed by atoms with E-state index in [9.17, 15) is 23.3 Å². The summed E-state index contributed by atoms with van der Waals surface area (Å²) in [6.07, 6.45) is 0.550. The van der Waals surface area contributed by atoms with Crippen LogP contribution in [-0.2, 0) is 38.3 Å². The Kier molecular flexibility index (Phi) is 8.02. The van der Waals surface area contributed by atoms with Crippen molar-refractivity contribution in [3.63, 3.8) is 0 Å². The second-order valence-corrected chi connectivity index (χ2v) is 9.95. The number of nitrogens with one attached hydrogen (secondary N) is 2. The van der Waals surface area contributed by atoms with Crippen molar-refractivity contribution in [1.29, 1.82) is 5.26 Å². The van der Waals surface area contributed by atoms with E-state index in [0.29, 0.717) is 49.5 Å². The van der Waals surface area contributed by atoms with Gasteiger partial charge in [0.1, 0.15) is 11.6 Å². The van der Waals surface area contributed by atoms with Crippen molar-refractivity contribution in [2.45, 2.75) is 39.0 Å². The molecular weight excluding hydrogens is 444 g/mol. The monoisotopic (exact) mass is 472 g/mol. The van der Waals surface area contributed by atoms with Crippen LogP contribution in [0.5, 0.6) is 0 Å². The SMILES string of the molecule is Cc1[nH]c(=O)c(C#N)c(C)c1CCC(=O)NCc1ccccc1CS(=O)(=O)N1CCOCC1. The van der Waals surface area contributed by atoms with Crippen LogP contribution < -0.4 is 10.9 Å². The molecule has 33 heavy (non-hydrogen) atoms. The Hall–Kier alpha value is -3.00. The molecule has 176 valence electrons. The van der Waals surface area contributed by atoms with Crippen LogP contribution >= 0.6 is 0 Å². The molecule has 1 aromatic carbocycles. The number of amides is 1. The van der Waals surface area contributed by atoms with E-state index in [0.717, 1.165) is 11.1 Å². The van der Waals surface area contributed by atoms with Gasteiger partial charge < -0.3 is 15.0 Å². The predicted molar refractivity (Wildman–Crippen MR) is 123 cm³/mol. The summed E-state index contributed by atoms with van der Waals surface area (Å²) < 4.78 is 32.2. The zero-order chi connectivity index (χ0) is 24.0. The molecule has 0 aliphatic carbocycles. The van der Waals surface area contributed by atoms with E-state index < -0.39 is 15.6 Å². The maximum absolute atomic E-state index is 12.8. The summed E-state index contributed by atoms with van der Waals surface area (Å²) in [6.45, 7) is 5.13. The molecule has 0 atom stereocenters. The van der Waals surface area contributed by atoms with Crippen LogP contribution in [-0.4, -0.2) is 49.9 Å². The third kappa shape index (κ3) is 6.07. The van der Waals surface area contributed by atoms with E-state index >= 15 is 0 Å². The second-order valence-electron chi connectivity index (χ2n) is 7.98. The van der Waals surface area contributed by atoms with Gasteiger partial charge in [0.2, 0.25) is 15.9 Å². The fourth-order valence-electron chi connectivity index (χ4n) is 3.92. The van der Waals surface area contributed by atoms with Gasteiger partial charge in [-0.15, -0.1) is 0 Å². The van der Waals surface area contributed by atoms with Gasteiger partial charge in [0.15, 0.2) is 0 Å². The number of sulfonamides is 1. The van der Waals surface area contributed by atoms with Gasteiger partial charge in [0.25, 0.3) is 5.56 Å². The van der Waals surface area contributed by atoms with Gasteiger partial charge in [0.05, 0.1) is 19.0 Å². The van der Waals surface area contributed by atoms with E-state index in [1.54, 1.807) is 32.0 Å². The average molecular weight is 473 g/mol. The fourth-order valence-corrected chi connectivity index (χ4v) is 5.49. The van der Waals surface area contributed by atoms with Crippen LogP contribution in [0.25, 0.3) is 0 Å². The number of hydrogen-bond acceptors (Lipinski definition) is 6. The van der Waals surface area contributed by atoms with E-state index in [-0.39, 0.29) is 30.2 Å². The summed E-state index contributed by atoms with van der Waals surface area (Å²) in [7, 11) is -3.48. The Morgan fingerprint density at radius 2 is 1.88 bits per heavy atom. The molecule has 9 nitrogen and oxygen atoms in total. The predicted octanol–water partition coefficient (Wildman–Crippen LogP) is 1.27. The van der Waals surface area contributed by atoms with Gasteiger partial charge in [-0.3, -0.25) is 9.59 Å². The Balaban J connectivity index is 1.63. The van der Waals surface area contributed by atoms with Crippen LogP contribution in [0.15, 0.2) is 29.1 Å². The zero-order valence-electron chi connectivity index (χ0n) is 18.8. The Labute approximate surface area is 193 Å². The molecule has 0 spiro atoms. The Morgan fingerprint density at radius 1 is 1.21 bits per heavy atom. The number of aromatic nitrogens is 1. The maximum atomic E-state index is 12.8. The van der Waals surface area contributed by atoms with E-state index in [1.165, 1.54) is 4.31 Å². The van der Waals surface area contributed by atoms with Gasteiger partial charge in [-0.25, -0.2) is 8.42 Å². The molecule has 0 bridgehead atoms. The summed E-state index contributed by atoms with van der Waals surface area (Å²) in [5.74, 6) is -0.337. The summed E-state index contributed by atoms with van der Waals surface area (Å²) in [5.41, 5.74) is 3.03. The number of carbonyl (C=O) groups excluding carboxylic acids is 1. The number of hydrogen-bond donors (Lipinski definition) is 2. The lowest BCUT2D eigenvalue weighted by Crippen LogP contribution is -2.41. The molecule has 1 fully saturated rings. The number of carbonyl (C=O) groups is 1. The lowest BCUT2D eigenvalue weighted by atomic mass is 9.99. The first kappa shape index (κ1) is 24.6. The molecule has 2 aromatic rings. The smallest absolute Gasteiger partial charge is 0.266 e. The van der Waals surface area contributed by atoms with Crippen LogP contribution in [0, 0.1) is 25.2 Å². The third-order valence-electron chi connectivity index (χ3n) is 5.82. The largest absolute Gasteiger partial charge is 0.379 e. The molecule has 0 unspecified atom stereocenters. The van der Waals surface area contributed by atoms with Gasteiger partial charge in [-0.05, 0) is 42.5 Å². The van der Waals surface area contributed by atoms with Crippen LogP contribution in [0.2, 0.25) is 0 Å². The minimum atomic E-state index is -3.48. The molecule has 1 saturated heterocycles. The van der Waals surface area contributed by atoms with Gasteiger partial charge in [-0.1, -0.05) is 24.3 Å². The normalized spacial score (nSPS) is 14.6. The first-order valence-corrected chi connectivity index (χ1v) is 12.4. The molecular formula is C23H28N4O5S. The highest BCUT2D eigenvalue weighted by molar-refractivity contribution is 7.88. The first-order chi connectivity index (χ1) is 15.7. The number of aryl methyl sites for hydroxylation is 1. The molecule has 1 aliphatic rings. The fraction of sp³-hybridized carbons (Fsp3) is 0.435. The van der Waals surface area contributed by atoms with Crippen LogP contribution in [0.1, 0.15) is 39.9 Å². The minimum absolute atomic E-state index is 0.0615. The quantitative estimate of drug-likeness (QED) is 0.595. The molecule has 0 radical (unpaired) electrons. The molecule has 1 aliphatic heterocycles. The Morgan fingerprint density at radius 3 is 2.55 bits per heavy atom. The molecule has 1 amide bonds. The maximum Gasteiger partial charge on any atom is 0.266 e. The van der Waals surface area contributed by atoms with Crippen LogP contribution in [0.4, 0.5) is 0 Å². The molecule has 10 heteroatoms. The van der Waals surface area contributed by atoms with E-state index in [2.05, 4.69) is 10.3 Å². The number of aromatic amines is 1. The number of ether oxygens (including phenoxy) is 1. The molecule has 3 rings (SSSR count). The van der Waals surface area contributed by atoms with Crippen LogP contribution in [0.3, 0.4) is 0 Å². The van der Waals surface area contributed by atoms with Gasteiger partial charge >= 0.3 is 0 Å². The summed E-state index contributed by atoms with van der Waals surface area (Å²) in [6, 6.07) is 9.07. The average Bonchev–Trinajstić information content (AvgIpc) is 2.79. The Bertz CT molecular complexity index is 1220. The second kappa shape index (κ2) is 10.7. The van der Waals surface area contributed by atoms with Crippen molar-refractivity contribution in [3.05, 3.63) is 68.1 Å². The highest BCUT2D eigenvalue weighted by atomic mass is 32.2. The molecule has 2 N–H and O–H groups in total. The summed E-state index contributed by atoms with van der Waals surface area (Å²) in [5, 5.41) is 12.0. The number of benzene rings is 1. The number of morpholine rings is 1. The van der Waals surface area contributed by atoms with E-state index in [4.69, 9.17) is 4.74 Å². The standard InChI is InChI=1S/C23H28N4O5S/c1-16-20(17(2)26-23(29)21(16)13-24)7-8-22(28)25-14-18-5-3-4-6-19(18)15-33(30,31)27-9-11-32-12-10-27/h3-6H,7-12,14-15H2,1-2H3,(H,25,28)(H,26,29). The number of pyridine rings is 1. The molecule has 1 aromatic heterocycles. The highest BCUT2D eigenvalue weighted by Crippen LogP contribution is 2.17. The first-order valence-electron chi connectivity index (χ1n) is 10.7. The summed E-state index contributed by atoms with van der Waals surface area (Å²) >= 11 is 0. The molecule has 0 saturated carbocycles. The number of H-pyrrole nitrogens is 1. The van der Waals surface area contributed by atoms with Gasteiger partial charge in [-0.2, -0.15) is 9.57 Å². The lowest BCUT2D eigenvalue weighted by molar-refractivity contribution is -0.121. The third-order valence-corrected chi connectivity index (χ3v) is 7.65. The van der Waals surface area contributed by atoms with Crippen molar-refractivity contribution < 1.29 is 17.9 Å². The van der Waals surface area contributed by atoms with Crippen molar-refractivity contribution in [2.24, 2.45) is 0 Å². The minimum Gasteiger partial charge on any atom is -0.379 e. The van der Waals surface area contributed by atoms with Crippen molar-refractivity contribution in [3.8, 4) is 6.07 Å². The van der Waals surface area contributed by atoms with E-state index in [1.807, 2.05) is 12.1 Å². The zero-order valence-corrected chi connectivity index (χ0v) is 19.6. The topological polar surface area (TPSA) is 132 Å². The van der Waals surface area contributed by atoms with Gasteiger partial charge in [0, 0.05) is 31.7 Å².